The second-order valence-electron chi connectivity index (χ2n) is 4.93. The van der Waals surface area contributed by atoms with Gasteiger partial charge in [0.25, 0.3) is 0 Å². The molecule has 0 aliphatic carbocycles. The Kier molecular flexibility index (Phi) is 3.68. The van der Waals surface area contributed by atoms with Crippen molar-refractivity contribution >= 4 is 32.6 Å². The van der Waals surface area contributed by atoms with Crippen LogP contribution in [0.25, 0.3) is 11.4 Å². The summed E-state index contributed by atoms with van der Waals surface area (Å²) in [6, 6.07) is 4.75. The van der Waals surface area contributed by atoms with Crippen LogP contribution in [0.15, 0.2) is 22.7 Å². The molecule has 1 N–H and O–H groups in total. The van der Waals surface area contributed by atoms with Crippen LogP contribution < -0.4 is 5.32 Å². The lowest BCUT2D eigenvalue weighted by molar-refractivity contribution is 0.621. The Labute approximate surface area is 118 Å². The molecule has 0 amide bonds. The van der Waals surface area contributed by atoms with Gasteiger partial charge in [0.2, 0.25) is 5.13 Å². The number of nitrogens with zero attached hydrogens (tertiary/aromatic N) is 2. The largest absolute Gasteiger partial charge is 0.356 e. The van der Waals surface area contributed by atoms with Gasteiger partial charge >= 0.3 is 0 Å². The molecule has 0 aliphatic heterocycles. The number of hydrogen-bond acceptors (Lipinski definition) is 4. The maximum atomic E-state index is 13.1. The Morgan fingerprint density at radius 3 is 2.67 bits per heavy atom. The summed E-state index contributed by atoms with van der Waals surface area (Å²) in [5.74, 6) is 0.314. The van der Waals surface area contributed by atoms with E-state index in [9.17, 15) is 4.39 Å². The maximum Gasteiger partial charge on any atom is 0.203 e. The van der Waals surface area contributed by atoms with E-state index in [1.807, 2.05) is 0 Å². The highest BCUT2D eigenvalue weighted by atomic mass is 79.9. The first-order valence-electron chi connectivity index (χ1n) is 5.42. The standard InChI is InChI=1S/C12H13BrFN3S/c1-12(2,3)16-11-15-10(17-18-11)7-4-5-9(14)8(13)6-7/h4-6H,1-3H3,(H,15,16,17). The third kappa shape index (κ3) is 3.26. The van der Waals surface area contributed by atoms with E-state index in [0.29, 0.717) is 10.3 Å². The van der Waals surface area contributed by atoms with Gasteiger partial charge in [0.15, 0.2) is 5.82 Å². The van der Waals surface area contributed by atoms with E-state index in [-0.39, 0.29) is 11.4 Å². The van der Waals surface area contributed by atoms with E-state index in [0.717, 1.165) is 10.7 Å². The minimum absolute atomic E-state index is 0.0554. The van der Waals surface area contributed by atoms with Gasteiger partial charge in [-0.2, -0.15) is 9.36 Å². The molecule has 0 aliphatic rings. The first-order valence-corrected chi connectivity index (χ1v) is 6.99. The Morgan fingerprint density at radius 2 is 2.06 bits per heavy atom. The highest BCUT2D eigenvalue weighted by Gasteiger charge is 2.14. The first kappa shape index (κ1) is 13.4. The third-order valence-corrected chi connectivity index (χ3v) is 3.32. The fraction of sp³-hybridized carbons (Fsp3) is 0.333. The van der Waals surface area contributed by atoms with Gasteiger partial charge in [-0.25, -0.2) is 4.39 Å². The number of nitrogens with one attached hydrogen (secondary N) is 1. The molecule has 2 aromatic rings. The SMILES string of the molecule is CC(C)(C)Nc1nc(-c2ccc(F)c(Br)c2)ns1. The topological polar surface area (TPSA) is 37.8 Å². The zero-order chi connectivity index (χ0) is 13.3. The zero-order valence-corrected chi connectivity index (χ0v) is 12.7. The van der Waals surface area contributed by atoms with Gasteiger partial charge in [-0.15, -0.1) is 0 Å². The van der Waals surface area contributed by atoms with Crippen LogP contribution in [0.4, 0.5) is 9.52 Å². The molecule has 0 spiro atoms. The third-order valence-electron chi connectivity index (χ3n) is 2.09. The Bertz CT molecular complexity index is 563. The molecule has 1 heterocycles. The summed E-state index contributed by atoms with van der Waals surface area (Å²) >= 11 is 4.46. The Balaban J connectivity index is 2.26. The quantitative estimate of drug-likeness (QED) is 0.891. The van der Waals surface area contributed by atoms with Crippen LogP contribution in [0, 0.1) is 5.82 Å². The van der Waals surface area contributed by atoms with Crippen molar-refractivity contribution in [3.05, 3.63) is 28.5 Å². The predicted molar refractivity (Wildman–Crippen MR) is 76.4 cm³/mol. The second-order valence-corrected chi connectivity index (χ2v) is 6.53. The summed E-state index contributed by atoms with van der Waals surface area (Å²) in [5.41, 5.74) is 0.738. The molecular formula is C12H13BrFN3S. The van der Waals surface area contributed by atoms with Crippen molar-refractivity contribution < 1.29 is 4.39 Å². The van der Waals surface area contributed by atoms with Gasteiger partial charge in [0.05, 0.1) is 4.47 Å². The number of hydrogen-bond donors (Lipinski definition) is 1. The van der Waals surface area contributed by atoms with Gasteiger partial charge in [0.1, 0.15) is 5.82 Å². The van der Waals surface area contributed by atoms with Crippen LogP contribution >= 0.6 is 27.5 Å². The zero-order valence-electron chi connectivity index (χ0n) is 10.3. The van der Waals surface area contributed by atoms with Crippen LogP contribution in [0.5, 0.6) is 0 Å². The summed E-state index contributed by atoms with van der Waals surface area (Å²) in [6.07, 6.45) is 0. The van der Waals surface area contributed by atoms with E-state index < -0.39 is 0 Å². The van der Waals surface area contributed by atoms with Crippen molar-refractivity contribution in [2.45, 2.75) is 26.3 Å². The van der Waals surface area contributed by atoms with E-state index in [4.69, 9.17) is 0 Å². The van der Waals surface area contributed by atoms with E-state index in [1.54, 1.807) is 12.1 Å². The smallest absolute Gasteiger partial charge is 0.203 e. The summed E-state index contributed by atoms with van der Waals surface area (Å²) < 4.78 is 17.8. The van der Waals surface area contributed by atoms with Crippen LogP contribution in [0.1, 0.15) is 20.8 Å². The first-order chi connectivity index (χ1) is 8.35. The molecule has 0 radical (unpaired) electrons. The summed E-state index contributed by atoms with van der Waals surface area (Å²) in [5, 5.41) is 4.02. The average Bonchev–Trinajstić information content (AvgIpc) is 2.68. The molecule has 96 valence electrons. The monoisotopic (exact) mass is 329 g/mol. The van der Waals surface area contributed by atoms with E-state index >= 15 is 0 Å². The van der Waals surface area contributed by atoms with Crippen molar-refractivity contribution in [3.8, 4) is 11.4 Å². The number of rotatable bonds is 2. The highest BCUT2D eigenvalue weighted by molar-refractivity contribution is 9.10. The van der Waals surface area contributed by atoms with Gasteiger partial charge < -0.3 is 5.32 Å². The fourth-order valence-electron chi connectivity index (χ4n) is 1.35. The summed E-state index contributed by atoms with van der Waals surface area (Å²) in [7, 11) is 0. The molecule has 0 saturated carbocycles. The van der Waals surface area contributed by atoms with E-state index in [2.05, 4.69) is 51.4 Å². The fourth-order valence-corrected chi connectivity index (χ4v) is 2.52. The highest BCUT2D eigenvalue weighted by Crippen LogP contribution is 2.26. The molecule has 0 atom stereocenters. The van der Waals surface area contributed by atoms with Crippen molar-refractivity contribution in [1.29, 1.82) is 0 Å². The summed E-state index contributed by atoms with van der Waals surface area (Å²) in [4.78, 5) is 4.39. The summed E-state index contributed by atoms with van der Waals surface area (Å²) in [6.45, 7) is 6.17. The maximum absolute atomic E-state index is 13.1. The average molecular weight is 330 g/mol. The molecule has 0 fully saturated rings. The van der Waals surface area contributed by atoms with Crippen molar-refractivity contribution in [2.75, 3.05) is 5.32 Å². The lowest BCUT2D eigenvalue weighted by Gasteiger charge is -2.18. The minimum Gasteiger partial charge on any atom is -0.356 e. The normalized spacial score (nSPS) is 11.6. The van der Waals surface area contributed by atoms with Crippen LogP contribution in [-0.2, 0) is 0 Å². The molecule has 6 heteroatoms. The molecule has 0 bridgehead atoms. The molecular weight excluding hydrogens is 317 g/mol. The van der Waals surface area contributed by atoms with Crippen molar-refractivity contribution in [3.63, 3.8) is 0 Å². The molecule has 18 heavy (non-hydrogen) atoms. The Hall–Kier alpha value is -1.01. The van der Waals surface area contributed by atoms with Gasteiger partial charge in [-0.05, 0) is 54.9 Å². The van der Waals surface area contributed by atoms with Gasteiger partial charge in [-0.3, -0.25) is 0 Å². The van der Waals surface area contributed by atoms with Crippen molar-refractivity contribution in [2.24, 2.45) is 0 Å². The number of anilines is 1. The molecule has 1 aromatic carbocycles. The number of halogens is 2. The van der Waals surface area contributed by atoms with Crippen molar-refractivity contribution in [1.82, 2.24) is 9.36 Å². The molecule has 0 saturated heterocycles. The lowest BCUT2D eigenvalue weighted by Crippen LogP contribution is -2.25. The molecule has 1 aromatic heterocycles. The number of benzene rings is 1. The molecule has 0 unspecified atom stereocenters. The Morgan fingerprint density at radius 1 is 1.33 bits per heavy atom. The molecule has 3 nitrogen and oxygen atoms in total. The molecule has 2 rings (SSSR count). The van der Waals surface area contributed by atoms with Gasteiger partial charge in [-0.1, -0.05) is 0 Å². The number of aromatic nitrogens is 2. The van der Waals surface area contributed by atoms with Crippen LogP contribution in [-0.4, -0.2) is 14.9 Å². The van der Waals surface area contributed by atoms with E-state index in [1.165, 1.54) is 17.6 Å². The second kappa shape index (κ2) is 4.93. The van der Waals surface area contributed by atoms with Gasteiger partial charge in [0, 0.05) is 22.6 Å². The van der Waals surface area contributed by atoms with Crippen LogP contribution in [0.3, 0.4) is 0 Å². The van der Waals surface area contributed by atoms with Crippen LogP contribution in [0.2, 0.25) is 0 Å². The minimum atomic E-state index is -0.290. The predicted octanol–water partition coefficient (Wildman–Crippen LogP) is 4.32. The lowest BCUT2D eigenvalue weighted by atomic mass is 10.1.